The van der Waals surface area contributed by atoms with Crippen LogP contribution in [0.25, 0.3) is 0 Å². The minimum atomic E-state index is -1.54. The van der Waals surface area contributed by atoms with Crippen LogP contribution in [0, 0.1) is 0 Å². The van der Waals surface area contributed by atoms with E-state index < -0.39 is 17.5 Å². The van der Waals surface area contributed by atoms with Crippen LogP contribution in [-0.2, 0) is 19.9 Å². The predicted molar refractivity (Wildman–Crippen MR) is 87.5 cm³/mol. The Morgan fingerprint density at radius 2 is 1.76 bits per heavy atom. The van der Waals surface area contributed by atoms with E-state index in [1.807, 2.05) is 0 Å². The maximum Gasteiger partial charge on any atom is 0.308 e. The molecule has 2 aromatic rings. The Kier molecular flexibility index (Phi) is 4.27. The molecule has 0 bridgehead atoms. The normalized spacial score (nSPS) is 18.7. The number of hydrogen-bond donors (Lipinski definition) is 0. The fourth-order valence-electron chi connectivity index (χ4n) is 2.80. The van der Waals surface area contributed by atoms with Crippen molar-refractivity contribution in [1.29, 1.82) is 0 Å². The first-order valence-corrected chi connectivity index (χ1v) is 7.67. The summed E-state index contributed by atoms with van der Waals surface area (Å²) in [5, 5.41) is 0. The molecule has 0 saturated heterocycles. The zero-order valence-electron chi connectivity index (χ0n) is 13.8. The van der Waals surface area contributed by atoms with Crippen molar-refractivity contribution in [2.45, 2.75) is 19.4 Å². The van der Waals surface area contributed by atoms with Crippen LogP contribution >= 0.6 is 0 Å². The van der Waals surface area contributed by atoms with Crippen molar-refractivity contribution >= 4 is 17.7 Å². The highest BCUT2D eigenvalue weighted by Crippen LogP contribution is 2.39. The topological polar surface area (TPSA) is 78.9 Å². The lowest BCUT2D eigenvalue weighted by molar-refractivity contribution is -0.157. The molecule has 6 nitrogen and oxygen atoms in total. The van der Waals surface area contributed by atoms with Gasteiger partial charge in [0.15, 0.2) is 0 Å². The molecule has 1 unspecified atom stereocenters. The fraction of sp³-hybridized carbons (Fsp3) is 0.211. The Morgan fingerprint density at radius 1 is 1.04 bits per heavy atom. The predicted octanol–water partition coefficient (Wildman–Crippen LogP) is 2.65. The van der Waals surface area contributed by atoms with Gasteiger partial charge in [0.05, 0.1) is 5.56 Å². The summed E-state index contributed by atoms with van der Waals surface area (Å²) >= 11 is 0. The first kappa shape index (κ1) is 16.7. The number of rotatable bonds is 3. The molecule has 128 valence electrons. The SMILES string of the molecule is CC(=O)Oc1ccc2c(c1)OCC(OC(C)=O)(c1ccccc1)C2=O. The minimum absolute atomic E-state index is 0.161. The molecule has 0 fully saturated rings. The van der Waals surface area contributed by atoms with Gasteiger partial charge in [-0.2, -0.15) is 0 Å². The fourth-order valence-corrected chi connectivity index (χ4v) is 2.80. The monoisotopic (exact) mass is 340 g/mol. The number of esters is 2. The van der Waals surface area contributed by atoms with Gasteiger partial charge in [0.1, 0.15) is 18.1 Å². The molecule has 1 aliphatic rings. The van der Waals surface area contributed by atoms with Gasteiger partial charge in [-0.25, -0.2) is 0 Å². The summed E-state index contributed by atoms with van der Waals surface area (Å²) in [7, 11) is 0. The van der Waals surface area contributed by atoms with Crippen LogP contribution in [0.3, 0.4) is 0 Å². The van der Waals surface area contributed by atoms with Gasteiger partial charge >= 0.3 is 11.9 Å². The molecule has 6 heteroatoms. The number of Topliss-reactive ketones (excluding diaryl/α,β-unsaturated/α-hetero) is 1. The smallest absolute Gasteiger partial charge is 0.308 e. The quantitative estimate of drug-likeness (QED) is 0.631. The number of hydrogen-bond acceptors (Lipinski definition) is 6. The molecular formula is C19H16O6. The summed E-state index contributed by atoms with van der Waals surface area (Å²) in [5.41, 5.74) is -0.750. The van der Waals surface area contributed by atoms with E-state index in [4.69, 9.17) is 14.2 Å². The number of ketones is 1. The van der Waals surface area contributed by atoms with Gasteiger partial charge in [0, 0.05) is 25.5 Å². The van der Waals surface area contributed by atoms with E-state index in [1.165, 1.54) is 32.0 Å². The van der Waals surface area contributed by atoms with Crippen molar-refractivity contribution in [3.05, 3.63) is 59.7 Å². The highest BCUT2D eigenvalue weighted by atomic mass is 16.6. The number of carbonyl (C=O) groups excluding carboxylic acids is 3. The van der Waals surface area contributed by atoms with Crippen molar-refractivity contribution in [3.63, 3.8) is 0 Å². The van der Waals surface area contributed by atoms with E-state index >= 15 is 0 Å². The Morgan fingerprint density at radius 3 is 2.40 bits per heavy atom. The summed E-state index contributed by atoms with van der Waals surface area (Å²) in [4.78, 5) is 35.8. The zero-order valence-corrected chi connectivity index (χ0v) is 13.8. The largest absolute Gasteiger partial charge is 0.488 e. The van der Waals surface area contributed by atoms with E-state index in [-0.39, 0.29) is 29.5 Å². The van der Waals surface area contributed by atoms with E-state index in [2.05, 4.69) is 0 Å². The Hall–Kier alpha value is -3.15. The Balaban J connectivity index is 2.05. The Labute approximate surface area is 144 Å². The maximum absolute atomic E-state index is 13.1. The van der Waals surface area contributed by atoms with E-state index in [0.29, 0.717) is 5.56 Å². The van der Waals surface area contributed by atoms with Crippen molar-refractivity contribution in [1.82, 2.24) is 0 Å². The van der Waals surface area contributed by atoms with Gasteiger partial charge in [-0.1, -0.05) is 30.3 Å². The summed E-state index contributed by atoms with van der Waals surface area (Å²) in [6, 6.07) is 13.2. The molecule has 0 radical (unpaired) electrons. The van der Waals surface area contributed by atoms with E-state index in [9.17, 15) is 14.4 Å². The average Bonchev–Trinajstić information content (AvgIpc) is 2.57. The van der Waals surface area contributed by atoms with Crippen LogP contribution in [0.4, 0.5) is 0 Å². The maximum atomic E-state index is 13.1. The van der Waals surface area contributed by atoms with Gasteiger partial charge in [0.2, 0.25) is 11.4 Å². The molecule has 1 aliphatic heterocycles. The minimum Gasteiger partial charge on any atom is -0.488 e. The van der Waals surface area contributed by atoms with Gasteiger partial charge < -0.3 is 14.2 Å². The van der Waals surface area contributed by atoms with E-state index in [0.717, 1.165) is 0 Å². The first-order chi connectivity index (χ1) is 11.9. The van der Waals surface area contributed by atoms with Crippen LogP contribution in [0.2, 0.25) is 0 Å². The molecule has 2 aromatic carbocycles. The summed E-state index contributed by atoms with van der Waals surface area (Å²) in [6.07, 6.45) is 0. The molecule has 0 N–H and O–H groups in total. The van der Waals surface area contributed by atoms with Crippen molar-refractivity contribution in [2.24, 2.45) is 0 Å². The van der Waals surface area contributed by atoms with Crippen molar-refractivity contribution in [2.75, 3.05) is 6.61 Å². The van der Waals surface area contributed by atoms with E-state index in [1.54, 1.807) is 30.3 Å². The molecule has 3 rings (SSSR count). The summed E-state index contributed by atoms with van der Waals surface area (Å²) in [5.74, 6) is -0.882. The molecule has 1 heterocycles. The van der Waals surface area contributed by atoms with Crippen molar-refractivity contribution < 1.29 is 28.6 Å². The molecule has 25 heavy (non-hydrogen) atoms. The number of carbonyl (C=O) groups is 3. The van der Waals surface area contributed by atoms with Crippen molar-refractivity contribution in [3.8, 4) is 11.5 Å². The lowest BCUT2D eigenvalue weighted by atomic mass is 9.84. The van der Waals surface area contributed by atoms with Crippen LogP contribution in [0.15, 0.2) is 48.5 Å². The first-order valence-electron chi connectivity index (χ1n) is 7.67. The third-order valence-corrected chi connectivity index (χ3v) is 3.82. The summed E-state index contributed by atoms with van der Waals surface area (Å²) in [6.45, 7) is 2.37. The molecule has 0 saturated carbocycles. The standard InChI is InChI=1S/C19H16O6/c1-12(20)24-15-8-9-16-17(10-15)23-11-19(18(16)22,25-13(2)21)14-6-4-3-5-7-14/h3-10H,11H2,1-2H3. The van der Waals surface area contributed by atoms with Crippen LogP contribution in [0.5, 0.6) is 11.5 Å². The lowest BCUT2D eigenvalue weighted by Gasteiger charge is -2.36. The molecular weight excluding hydrogens is 324 g/mol. The second-order valence-corrected chi connectivity index (χ2v) is 5.66. The molecule has 1 atom stereocenters. The number of benzene rings is 2. The molecule has 0 amide bonds. The highest BCUT2D eigenvalue weighted by Gasteiger charge is 2.49. The van der Waals surface area contributed by atoms with Gasteiger partial charge in [0.25, 0.3) is 0 Å². The van der Waals surface area contributed by atoms with Crippen LogP contribution in [-0.4, -0.2) is 24.3 Å². The van der Waals surface area contributed by atoms with Gasteiger partial charge in [-0.15, -0.1) is 0 Å². The third-order valence-electron chi connectivity index (χ3n) is 3.82. The molecule has 0 aromatic heterocycles. The molecule has 0 spiro atoms. The second-order valence-electron chi connectivity index (χ2n) is 5.66. The van der Waals surface area contributed by atoms with Gasteiger partial charge in [-0.3, -0.25) is 14.4 Å². The Bertz CT molecular complexity index is 842. The zero-order chi connectivity index (χ0) is 18.0. The highest BCUT2D eigenvalue weighted by molar-refractivity contribution is 6.07. The number of fused-ring (bicyclic) bond motifs is 1. The van der Waals surface area contributed by atoms with Crippen LogP contribution < -0.4 is 9.47 Å². The molecule has 0 aliphatic carbocycles. The average molecular weight is 340 g/mol. The number of ether oxygens (including phenoxy) is 3. The van der Waals surface area contributed by atoms with Gasteiger partial charge in [-0.05, 0) is 12.1 Å². The second kappa shape index (κ2) is 6.39. The summed E-state index contributed by atoms with van der Waals surface area (Å²) < 4.78 is 16.1. The van der Waals surface area contributed by atoms with Crippen LogP contribution in [0.1, 0.15) is 29.8 Å². The third kappa shape index (κ3) is 3.10. The lowest BCUT2D eigenvalue weighted by Crippen LogP contribution is -2.48.